The number of rotatable bonds is 8. The highest BCUT2D eigenvalue weighted by molar-refractivity contribution is 9.10. The maximum atomic E-state index is 14.5. The molecule has 0 amide bonds. The number of hydrogen-bond donors (Lipinski definition) is 0. The van der Waals surface area contributed by atoms with Gasteiger partial charge in [0.25, 0.3) is 15.6 Å². The molecule has 12 heteroatoms. The van der Waals surface area contributed by atoms with Crippen LogP contribution in [0.5, 0.6) is 11.5 Å². The monoisotopic (exact) mass is 624 g/mol. The highest BCUT2D eigenvalue weighted by atomic mass is 79.9. The number of ether oxygens (including phenoxy) is 2. The van der Waals surface area contributed by atoms with Crippen LogP contribution in [0.1, 0.15) is 5.56 Å². The van der Waals surface area contributed by atoms with Gasteiger partial charge in [-0.05, 0) is 76.1 Å². The first-order chi connectivity index (χ1) is 19.2. The molecule has 3 aromatic carbocycles. The SMILES string of the molecule is COc1ccc(CN(c2cccnn2)S(=O)(=O)c2ccc3c(ccc(=O)n3-c3cc(F)c(Br)cc3OC)c2)cc1. The van der Waals surface area contributed by atoms with E-state index in [4.69, 9.17) is 9.47 Å². The van der Waals surface area contributed by atoms with Crippen molar-refractivity contribution in [3.63, 3.8) is 0 Å². The standard InChI is InChI=1S/C28H22BrFN4O5S/c1-38-20-8-5-18(6-9-20)17-33(27-4-3-13-31-32-27)40(36,37)21-10-11-24-19(14-21)7-12-28(35)34(24)25-16-23(30)22(29)15-26(25)39-2/h3-16H,17H2,1-2H3. The number of sulfonamides is 1. The Labute approximate surface area is 237 Å². The van der Waals surface area contributed by atoms with Crippen LogP contribution in [-0.4, -0.2) is 37.4 Å². The summed E-state index contributed by atoms with van der Waals surface area (Å²) in [6, 6.07) is 19.9. The largest absolute Gasteiger partial charge is 0.497 e. The van der Waals surface area contributed by atoms with Crippen LogP contribution < -0.4 is 19.3 Å². The Hall–Kier alpha value is -4.29. The van der Waals surface area contributed by atoms with Crippen molar-refractivity contribution in [2.24, 2.45) is 0 Å². The van der Waals surface area contributed by atoms with E-state index in [0.29, 0.717) is 22.2 Å². The Morgan fingerprint density at radius 3 is 2.42 bits per heavy atom. The number of aromatic nitrogens is 3. The first-order valence-electron chi connectivity index (χ1n) is 11.9. The van der Waals surface area contributed by atoms with Gasteiger partial charge in [0.05, 0.1) is 41.3 Å². The minimum atomic E-state index is -4.15. The van der Waals surface area contributed by atoms with Crippen LogP contribution in [0.4, 0.5) is 10.2 Å². The van der Waals surface area contributed by atoms with Crippen LogP contribution in [0, 0.1) is 5.82 Å². The van der Waals surface area contributed by atoms with Gasteiger partial charge in [0.15, 0.2) is 5.82 Å². The van der Waals surface area contributed by atoms with Gasteiger partial charge in [0.1, 0.15) is 17.3 Å². The molecule has 0 aliphatic rings. The first-order valence-corrected chi connectivity index (χ1v) is 14.1. The molecule has 5 aromatic rings. The number of nitrogens with zero attached hydrogens (tertiary/aromatic N) is 4. The average Bonchev–Trinajstić information content (AvgIpc) is 2.97. The third kappa shape index (κ3) is 5.15. The lowest BCUT2D eigenvalue weighted by molar-refractivity contribution is 0.411. The van der Waals surface area contributed by atoms with Crippen molar-refractivity contribution in [2.75, 3.05) is 18.5 Å². The molecule has 40 heavy (non-hydrogen) atoms. The van der Waals surface area contributed by atoms with Crippen LogP contribution in [-0.2, 0) is 16.6 Å². The molecule has 0 radical (unpaired) electrons. The molecule has 9 nitrogen and oxygen atoms in total. The fraction of sp³-hybridized carbons (Fsp3) is 0.107. The minimum absolute atomic E-state index is 0.0159. The summed E-state index contributed by atoms with van der Waals surface area (Å²) in [4.78, 5) is 12.9. The molecule has 5 rings (SSSR count). The second-order valence-electron chi connectivity index (χ2n) is 8.61. The number of methoxy groups -OCH3 is 2. The molecule has 2 heterocycles. The fourth-order valence-electron chi connectivity index (χ4n) is 4.23. The molecular weight excluding hydrogens is 603 g/mol. The van der Waals surface area contributed by atoms with Gasteiger partial charge in [-0.1, -0.05) is 12.1 Å². The molecule has 0 fully saturated rings. The predicted octanol–water partition coefficient (Wildman–Crippen LogP) is 5.10. The second kappa shape index (κ2) is 11.1. The summed E-state index contributed by atoms with van der Waals surface area (Å²) in [6.07, 6.45) is 1.45. The third-order valence-corrected chi connectivity index (χ3v) is 8.57. The van der Waals surface area contributed by atoms with Crippen LogP contribution in [0.25, 0.3) is 16.6 Å². The van der Waals surface area contributed by atoms with E-state index in [1.165, 1.54) is 60.3 Å². The van der Waals surface area contributed by atoms with Gasteiger partial charge >= 0.3 is 0 Å². The van der Waals surface area contributed by atoms with E-state index >= 15 is 0 Å². The molecule has 0 spiro atoms. The van der Waals surface area contributed by atoms with Crippen molar-refractivity contribution >= 4 is 42.7 Å². The van der Waals surface area contributed by atoms with E-state index in [1.54, 1.807) is 43.5 Å². The zero-order valence-electron chi connectivity index (χ0n) is 21.3. The van der Waals surface area contributed by atoms with Crippen LogP contribution in [0.3, 0.4) is 0 Å². The highest BCUT2D eigenvalue weighted by Gasteiger charge is 2.27. The smallest absolute Gasteiger partial charge is 0.265 e. The van der Waals surface area contributed by atoms with Crippen molar-refractivity contribution in [3.8, 4) is 17.2 Å². The van der Waals surface area contributed by atoms with E-state index in [9.17, 15) is 17.6 Å². The number of pyridine rings is 1. The Morgan fingerprint density at radius 1 is 0.975 bits per heavy atom. The quantitative estimate of drug-likeness (QED) is 0.237. The zero-order valence-corrected chi connectivity index (χ0v) is 23.7. The van der Waals surface area contributed by atoms with Gasteiger partial charge in [-0.2, -0.15) is 5.10 Å². The van der Waals surface area contributed by atoms with Crippen molar-refractivity contribution < 1.29 is 22.3 Å². The van der Waals surface area contributed by atoms with Crippen molar-refractivity contribution in [2.45, 2.75) is 11.4 Å². The van der Waals surface area contributed by atoms with Crippen molar-refractivity contribution in [3.05, 3.63) is 111 Å². The van der Waals surface area contributed by atoms with Crippen molar-refractivity contribution in [1.82, 2.24) is 14.8 Å². The van der Waals surface area contributed by atoms with E-state index in [0.717, 1.165) is 4.31 Å². The topological polar surface area (TPSA) is 104 Å². The fourth-order valence-corrected chi connectivity index (χ4v) is 5.98. The molecule has 2 aromatic heterocycles. The zero-order chi connectivity index (χ0) is 28.4. The van der Waals surface area contributed by atoms with Gasteiger partial charge in [0.2, 0.25) is 0 Å². The third-order valence-electron chi connectivity index (χ3n) is 6.22. The number of halogens is 2. The van der Waals surface area contributed by atoms with E-state index in [-0.39, 0.29) is 33.2 Å². The van der Waals surface area contributed by atoms with E-state index in [1.807, 2.05) is 0 Å². The molecule has 0 N–H and O–H groups in total. The average molecular weight is 625 g/mol. The molecule has 0 aliphatic heterocycles. The summed E-state index contributed by atoms with van der Waals surface area (Å²) in [7, 11) is -1.19. The molecule has 0 saturated heterocycles. The maximum absolute atomic E-state index is 14.5. The molecule has 0 atom stereocenters. The second-order valence-corrected chi connectivity index (χ2v) is 11.3. The summed E-state index contributed by atoms with van der Waals surface area (Å²) in [5.74, 6) is 0.448. The lowest BCUT2D eigenvalue weighted by Crippen LogP contribution is -2.31. The Morgan fingerprint density at radius 2 is 1.75 bits per heavy atom. The molecule has 0 aliphatic carbocycles. The highest BCUT2D eigenvalue weighted by Crippen LogP contribution is 2.32. The number of hydrogen-bond acceptors (Lipinski definition) is 7. The molecule has 0 saturated carbocycles. The molecule has 0 unspecified atom stereocenters. The predicted molar refractivity (Wildman–Crippen MR) is 152 cm³/mol. The van der Waals surface area contributed by atoms with Crippen LogP contribution >= 0.6 is 15.9 Å². The van der Waals surface area contributed by atoms with Gasteiger partial charge in [-0.3, -0.25) is 9.36 Å². The summed E-state index contributed by atoms with van der Waals surface area (Å²) >= 11 is 3.13. The van der Waals surface area contributed by atoms with Crippen molar-refractivity contribution in [1.29, 1.82) is 0 Å². The van der Waals surface area contributed by atoms with Gasteiger partial charge in [0, 0.05) is 23.7 Å². The summed E-state index contributed by atoms with van der Waals surface area (Å²) < 4.78 is 55.7. The molecular formula is C28H22BrFN4O5S. The van der Waals surface area contributed by atoms with E-state index in [2.05, 4.69) is 26.1 Å². The van der Waals surface area contributed by atoms with E-state index < -0.39 is 21.4 Å². The Bertz CT molecular complexity index is 1870. The maximum Gasteiger partial charge on any atom is 0.265 e. The molecule has 0 bridgehead atoms. The minimum Gasteiger partial charge on any atom is -0.497 e. The van der Waals surface area contributed by atoms with Gasteiger partial charge in [-0.25, -0.2) is 17.1 Å². The van der Waals surface area contributed by atoms with Gasteiger partial charge in [-0.15, -0.1) is 5.10 Å². The van der Waals surface area contributed by atoms with Crippen LogP contribution in [0.2, 0.25) is 0 Å². The Kier molecular flexibility index (Phi) is 7.55. The molecule has 204 valence electrons. The number of anilines is 1. The Balaban J connectivity index is 1.63. The normalized spacial score (nSPS) is 11.4. The summed E-state index contributed by atoms with van der Waals surface area (Å²) in [5.41, 5.74) is 0.806. The lowest BCUT2D eigenvalue weighted by atomic mass is 10.2. The first kappa shape index (κ1) is 27.3. The van der Waals surface area contributed by atoms with Gasteiger partial charge < -0.3 is 9.47 Å². The number of fused-ring (bicyclic) bond motifs is 1. The lowest BCUT2D eigenvalue weighted by Gasteiger charge is -2.23. The summed E-state index contributed by atoms with van der Waals surface area (Å²) in [5, 5.41) is 8.33. The number of benzene rings is 3. The van der Waals surface area contributed by atoms with Crippen LogP contribution in [0.15, 0.2) is 99.2 Å². The summed E-state index contributed by atoms with van der Waals surface area (Å²) in [6.45, 7) is -0.0159.